The molecule has 0 unspecified atom stereocenters. The van der Waals surface area contributed by atoms with Gasteiger partial charge >= 0.3 is 0 Å². The Morgan fingerprint density at radius 2 is 1.56 bits per heavy atom. The molecule has 0 saturated heterocycles. The zero-order valence-electron chi connectivity index (χ0n) is 11.9. The zero-order valence-corrected chi connectivity index (χ0v) is 11.9. The predicted octanol–water partition coefficient (Wildman–Crippen LogP) is 2.17. The topological polar surface area (TPSA) is 33.3 Å². The number of hydrogen-bond acceptors (Lipinski definition) is 3. The molecule has 0 aromatic rings. The number of ether oxygens (including phenoxy) is 1. The third kappa shape index (κ3) is 10.4. The molecule has 2 N–H and O–H groups in total. The van der Waals surface area contributed by atoms with Crippen molar-refractivity contribution in [3.8, 4) is 0 Å². The molecule has 0 atom stereocenters. The molecule has 0 fully saturated rings. The minimum absolute atomic E-state index is 0.00331. The SMILES string of the molecule is COC(C)(C)CCNCCCNC(C)(C)C. The van der Waals surface area contributed by atoms with Crippen molar-refractivity contribution < 1.29 is 4.74 Å². The quantitative estimate of drug-likeness (QED) is 0.627. The molecule has 0 aliphatic heterocycles. The molecule has 98 valence electrons. The lowest BCUT2D eigenvalue weighted by Gasteiger charge is -2.23. The van der Waals surface area contributed by atoms with Gasteiger partial charge in [0.1, 0.15) is 0 Å². The van der Waals surface area contributed by atoms with E-state index in [1.54, 1.807) is 7.11 Å². The molecule has 16 heavy (non-hydrogen) atoms. The average molecular weight is 230 g/mol. The third-order valence-electron chi connectivity index (χ3n) is 2.64. The molecular formula is C13H30N2O. The summed E-state index contributed by atoms with van der Waals surface area (Å²) in [5.74, 6) is 0. The highest BCUT2D eigenvalue weighted by Gasteiger charge is 2.14. The van der Waals surface area contributed by atoms with Gasteiger partial charge < -0.3 is 15.4 Å². The van der Waals surface area contributed by atoms with Gasteiger partial charge in [0.2, 0.25) is 0 Å². The van der Waals surface area contributed by atoms with Crippen molar-refractivity contribution >= 4 is 0 Å². The number of hydrogen-bond donors (Lipinski definition) is 2. The summed E-state index contributed by atoms with van der Waals surface area (Å²) < 4.78 is 5.36. The summed E-state index contributed by atoms with van der Waals surface area (Å²) >= 11 is 0. The van der Waals surface area contributed by atoms with Gasteiger partial charge in [-0.3, -0.25) is 0 Å². The Bertz CT molecular complexity index is 173. The second-order valence-corrected chi connectivity index (χ2v) is 5.99. The van der Waals surface area contributed by atoms with Crippen LogP contribution in [0.25, 0.3) is 0 Å². The Hall–Kier alpha value is -0.120. The van der Waals surface area contributed by atoms with Gasteiger partial charge in [-0.2, -0.15) is 0 Å². The standard InChI is InChI=1S/C13H30N2O/c1-12(2,3)15-10-7-9-14-11-8-13(4,5)16-6/h14-15H,7-11H2,1-6H3. The Morgan fingerprint density at radius 1 is 0.938 bits per heavy atom. The Kier molecular flexibility index (Phi) is 7.20. The Labute approximate surface area is 101 Å². The number of methoxy groups -OCH3 is 1. The van der Waals surface area contributed by atoms with Crippen molar-refractivity contribution in [2.75, 3.05) is 26.7 Å². The fourth-order valence-electron chi connectivity index (χ4n) is 1.29. The smallest absolute Gasteiger partial charge is 0.0634 e. The third-order valence-corrected chi connectivity index (χ3v) is 2.64. The summed E-state index contributed by atoms with van der Waals surface area (Å²) in [6, 6.07) is 0. The molecule has 0 heterocycles. The minimum atomic E-state index is -0.00331. The highest BCUT2D eigenvalue weighted by molar-refractivity contribution is 4.71. The second kappa shape index (κ2) is 7.25. The van der Waals surface area contributed by atoms with E-state index < -0.39 is 0 Å². The van der Waals surface area contributed by atoms with Crippen LogP contribution in [-0.2, 0) is 4.74 Å². The normalized spacial score (nSPS) is 13.1. The monoisotopic (exact) mass is 230 g/mol. The fourth-order valence-corrected chi connectivity index (χ4v) is 1.29. The first-order chi connectivity index (χ1) is 7.27. The van der Waals surface area contributed by atoms with E-state index in [1.165, 1.54) is 6.42 Å². The molecular weight excluding hydrogens is 200 g/mol. The molecule has 0 spiro atoms. The van der Waals surface area contributed by atoms with Crippen LogP contribution in [0.15, 0.2) is 0 Å². The maximum atomic E-state index is 5.36. The predicted molar refractivity (Wildman–Crippen MR) is 70.9 cm³/mol. The van der Waals surface area contributed by atoms with E-state index in [-0.39, 0.29) is 11.1 Å². The Morgan fingerprint density at radius 3 is 2.06 bits per heavy atom. The molecule has 3 nitrogen and oxygen atoms in total. The molecule has 3 heteroatoms. The van der Waals surface area contributed by atoms with Crippen LogP contribution in [0.5, 0.6) is 0 Å². The van der Waals surface area contributed by atoms with Crippen LogP contribution < -0.4 is 10.6 Å². The van der Waals surface area contributed by atoms with Gasteiger partial charge in [-0.15, -0.1) is 0 Å². The maximum absolute atomic E-state index is 5.36. The van der Waals surface area contributed by atoms with Crippen LogP contribution in [0.3, 0.4) is 0 Å². The first kappa shape index (κ1) is 15.9. The highest BCUT2D eigenvalue weighted by Crippen LogP contribution is 2.11. The van der Waals surface area contributed by atoms with E-state index in [9.17, 15) is 0 Å². The van der Waals surface area contributed by atoms with Gasteiger partial charge in [-0.25, -0.2) is 0 Å². The van der Waals surface area contributed by atoms with Crippen molar-refractivity contribution in [2.24, 2.45) is 0 Å². The van der Waals surface area contributed by atoms with Crippen LogP contribution >= 0.6 is 0 Å². The first-order valence-corrected chi connectivity index (χ1v) is 6.28. The molecule has 0 radical (unpaired) electrons. The lowest BCUT2D eigenvalue weighted by Crippen LogP contribution is -2.37. The molecule has 0 aromatic heterocycles. The molecule has 0 saturated carbocycles. The maximum Gasteiger partial charge on any atom is 0.0634 e. The van der Waals surface area contributed by atoms with Crippen molar-refractivity contribution in [1.29, 1.82) is 0 Å². The summed E-state index contributed by atoms with van der Waals surface area (Å²) in [5.41, 5.74) is 0.231. The van der Waals surface area contributed by atoms with Gasteiger partial charge in [0.25, 0.3) is 0 Å². The van der Waals surface area contributed by atoms with Crippen molar-refractivity contribution in [2.45, 2.75) is 58.6 Å². The summed E-state index contributed by atoms with van der Waals surface area (Å²) in [6.45, 7) is 14.0. The van der Waals surface area contributed by atoms with Crippen LogP contribution in [-0.4, -0.2) is 37.9 Å². The lowest BCUT2D eigenvalue weighted by atomic mass is 10.1. The van der Waals surface area contributed by atoms with Gasteiger partial charge in [-0.1, -0.05) is 0 Å². The summed E-state index contributed by atoms with van der Waals surface area (Å²) in [6.07, 6.45) is 2.22. The van der Waals surface area contributed by atoms with Gasteiger partial charge in [0.15, 0.2) is 0 Å². The summed E-state index contributed by atoms with van der Waals surface area (Å²) in [7, 11) is 1.77. The van der Waals surface area contributed by atoms with Crippen molar-refractivity contribution in [3.63, 3.8) is 0 Å². The number of nitrogens with one attached hydrogen (secondary N) is 2. The average Bonchev–Trinajstić information content (AvgIpc) is 2.14. The van der Waals surface area contributed by atoms with E-state index in [1.807, 2.05) is 0 Å². The van der Waals surface area contributed by atoms with Crippen LogP contribution in [0, 0.1) is 0 Å². The molecule has 0 amide bonds. The van der Waals surface area contributed by atoms with Crippen molar-refractivity contribution in [1.82, 2.24) is 10.6 Å². The Balaban J connectivity index is 3.29. The molecule has 0 rings (SSSR count). The molecule has 0 aromatic carbocycles. The van der Waals surface area contributed by atoms with Gasteiger partial charge in [0, 0.05) is 12.6 Å². The molecule has 0 aliphatic carbocycles. The highest BCUT2D eigenvalue weighted by atomic mass is 16.5. The van der Waals surface area contributed by atoms with Crippen LogP contribution in [0.2, 0.25) is 0 Å². The largest absolute Gasteiger partial charge is 0.379 e. The minimum Gasteiger partial charge on any atom is -0.379 e. The second-order valence-electron chi connectivity index (χ2n) is 5.99. The molecule has 0 bridgehead atoms. The first-order valence-electron chi connectivity index (χ1n) is 6.28. The van der Waals surface area contributed by atoms with Crippen LogP contribution in [0.4, 0.5) is 0 Å². The summed E-state index contributed by atoms with van der Waals surface area (Å²) in [5, 5.41) is 6.92. The van der Waals surface area contributed by atoms with Crippen molar-refractivity contribution in [3.05, 3.63) is 0 Å². The van der Waals surface area contributed by atoms with Gasteiger partial charge in [0.05, 0.1) is 5.60 Å². The van der Waals surface area contributed by atoms with Gasteiger partial charge in [-0.05, 0) is 67.1 Å². The van der Waals surface area contributed by atoms with E-state index >= 15 is 0 Å². The van der Waals surface area contributed by atoms with E-state index in [4.69, 9.17) is 4.74 Å². The fraction of sp³-hybridized carbons (Fsp3) is 1.00. The molecule has 0 aliphatic rings. The van der Waals surface area contributed by atoms with Crippen LogP contribution in [0.1, 0.15) is 47.5 Å². The number of rotatable bonds is 8. The summed E-state index contributed by atoms with van der Waals surface area (Å²) in [4.78, 5) is 0. The zero-order chi connectivity index (χ0) is 12.7. The lowest BCUT2D eigenvalue weighted by molar-refractivity contribution is 0.0159. The van der Waals surface area contributed by atoms with E-state index in [2.05, 4.69) is 45.3 Å². The van der Waals surface area contributed by atoms with E-state index in [0.29, 0.717) is 0 Å². The van der Waals surface area contributed by atoms with E-state index in [0.717, 1.165) is 26.1 Å².